The maximum Gasteiger partial charge on any atom is 0.325 e. The summed E-state index contributed by atoms with van der Waals surface area (Å²) in [4.78, 5) is 16.7. The van der Waals surface area contributed by atoms with E-state index < -0.39 is 40.5 Å². The zero-order valence-electron chi connectivity index (χ0n) is 26.1. The van der Waals surface area contributed by atoms with Crippen LogP contribution < -0.4 is 14.6 Å². The lowest BCUT2D eigenvalue weighted by molar-refractivity contribution is -0.689. The molecule has 0 radical (unpaired) electrons. The highest BCUT2D eigenvalue weighted by Gasteiger charge is 2.44. The maximum atomic E-state index is 15.3. The predicted octanol–water partition coefficient (Wildman–Crippen LogP) is 5.06. The lowest BCUT2D eigenvalue weighted by atomic mass is 9.82. The Bertz CT molecular complexity index is 1950. The third-order valence-corrected chi connectivity index (χ3v) is 8.88. The molecule has 0 spiro atoms. The number of aromatic nitrogens is 4. The predicted molar refractivity (Wildman–Crippen MR) is 168 cm³/mol. The number of benzene rings is 3. The molecule has 0 bridgehead atoms. The number of ether oxygens (including phenoxy) is 1. The summed E-state index contributed by atoms with van der Waals surface area (Å²) in [6.45, 7) is 5.46. The molecule has 0 saturated carbocycles. The van der Waals surface area contributed by atoms with Crippen molar-refractivity contribution in [1.82, 2.24) is 20.1 Å². The second kappa shape index (κ2) is 13.8. The van der Waals surface area contributed by atoms with E-state index in [1.54, 1.807) is 54.5 Å². The summed E-state index contributed by atoms with van der Waals surface area (Å²) in [5.74, 6) is -4.57. The summed E-state index contributed by atoms with van der Waals surface area (Å²) in [5.41, 5.74) is 1.72. The summed E-state index contributed by atoms with van der Waals surface area (Å²) >= 11 is 1.23. The monoisotopic (exact) mass is 661 g/mol. The van der Waals surface area contributed by atoms with Crippen LogP contribution in [0.15, 0.2) is 66.6 Å². The van der Waals surface area contributed by atoms with Gasteiger partial charge in [-0.3, -0.25) is 4.79 Å². The van der Waals surface area contributed by atoms with E-state index in [0.29, 0.717) is 40.7 Å². The molecule has 0 amide bonds. The van der Waals surface area contributed by atoms with Crippen molar-refractivity contribution in [2.24, 2.45) is 0 Å². The van der Waals surface area contributed by atoms with Gasteiger partial charge in [-0.05, 0) is 67.9 Å². The summed E-state index contributed by atoms with van der Waals surface area (Å²) < 4.78 is 52.4. The Morgan fingerprint density at radius 3 is 2.47 bits per heavy atom. The van der Waals surface area contributed by atoms with Crippen LogP contribution in [0.5, 0.6) is 5.75 Å². The Hall–Kier alpha value is -4.90. The number of aryl methyl sites for hydroxylation is 2. The van der Waals surface area contributed by atoms with Crippen molar-refractivity contribution in [3.63, 3.8) is 0 Å². The molecule has 0 saturated heterocycles. The molecule has 2 N–H and O–H groups in total. The van der Waals surface area contributed by atoms with E-state index in [1.165, 1.54) is 22.3 Å². The molecule has 47 heavy (non-hydrogen) atoms. The average Bonchev–Trinajstić information content (AvgIpc) is 3.70. The van der Waals surface area contributed by atoms with E-state index in [1.807, 2.05) is 26.0 Å². The summed E-state index contributed by atoms with van der Waals surface area (Å²) in [7, 11) is 1.66. The molecule has 0 fully saturated rings. The van der Waals surface area contributed by atoms with Crippen molar-refractivity contribution < 1.29 is 32.4 Å². The van der Waals surface area contributed by atoms with Crippen molar-refractivity contribution in [3.05, 3.63) is 117 Å². The molecule has 0 aliphatic heterocycles. The van der Waals surface area contributed by atoms with Crippen molar-refractivity contribution in [1.29, 1.82) is 5.26 Å². The van der Waals surface area contributed by atoms with E-state index in [-0.39, 0.29) is 13.1 Å². The van der Waals surface area contributed by atoms with Crippen LogP contribution in [0.4, 0.5) is 13.2 Å². The van der Waals surface area contributed by atoms with Crippen molar-refractivity contribution in [3.8, 4) is 23.1 Å². The third-order valence-electron chi connectivity index (χ3n) is 7.85. The number of hydrogen-bond donors (Lipinski definition) is 2. The van der Waals surface area contributed by atoms with Crippen molar-refractivity contribution in [2.45, 2.75) is 45.4 Å². The molecule has 9 nitrogen and oxygen atoms in total. The maximum absolute atomic E-state index is 15.3. The fourth-order valence-electron chi connectivity index (χ4n) is 5.42. The Labute approximate surface area is 273 Å². The first-order valence-corrected chi connectivity index (χ1v) is 15.5. The molecule has 5 aromatic rings. The quantitative estimate of drug-likeness (QED) is 0.0880. The summed E-state index contributed by atoms with van der Waals surface area (Å²) in [5, 5.41) is 30.6. The number of esters is 1. The molecular weight excluding hydrogens is 629 g/mol. The fourth-order valence-corrected chi connectivity index (χ4v) is 6.39. The molecule has 0 aliphatic rings. The first-order chi connectivity index (χ1) is 22.4. The lowest BCUT2D eigenvalue weighted by Crippen LogP contribution is -2.39. The first-order valence-electron chi connectivity index (χ1n) is 14.6. The molecular formula is C34H32F3N6O3S+. The number of likely N-dealkylation sites (N-methyl/N-ethyl adjacent to an activating group) is 1. The van der Waals surface area contributed by atoms with Gasteiger partial charge in [0.25, 0.3) is 6.33 Å². The number of nitrogens with one attached hydrogen (secondary N) is 1. The van der Waals surface area contributed by atoms with Crippen molar-refractivity contribution in [2.75, 3.05) is 13.6 Å². The normalized spacial score (nSPS) is 13.2. The molecule has 2 aromatic heterocycles. The van der Waals surface area contributed by atoms with Crippen LogP contribution in [0.2, 0.25) is 0 Å². The Morgan fingerprint density at radius 2 is 1.81 bits per heavy atom. The van der Waals surface area contributed by atoms with Crippen LogP contribution in [-0.2, 0) is 23.5 Å². The highest BCUT2D eigenvalue weighted by Crippen LogP contribution is 2.42. The largest absolute Gasteiger partial charge is 0.425 e. The van der Waals surface area contributed by atoms with E-state index in [4.69, 9.17) is 10.00 Å². The van der Waals surface area contributed by atoms with Gasteiger partial charge in [0.1, 0.15) is 23.7 Å². The minimum Gasteiger partial charge on any atom is -0.425 e. The first kappa shape index (κ1) is 33.5. The molecule has 2 heterocycles. The Morgan fingerprint density at radius 1 is 1.13 bits per heavy atom. The van der Waals surface area contributed by atoms with Crippen molar-refractivity contribution >= 4 is 17.3 Å². The fraction of sp³-hybridized carbons (Fsp3) is 0.265. The van der Waals surface area contributed by atoms with Gasteiger partial charge in [-0.1, -0.05) is 19.1 Å². The molecule has 0 aliphatic carbocycles. The standard InChI is InChI=1S/C34H32F3N6O3S/c1-20-9-24(10-21(2)32(20)46-31(44)14-39-4)15-42-18-40-43(19-42)17-34(45,26-11-28(36)29(37)12-27(26)35)22(3)33-41-30(16-47-33)25-7-5-23(13-38)6-8-25/h5-12,16,18-19,22,39,45H,14-15,17H2,1-4H3/q+1/t22-,34+/m0/s1. The molecule has 13 heteroatoms. The summed E-state index contributed by atoms with van der Waals surface area (Å²) in [6.07, 6.45) is 3.15. The average molecular weight is 662 g/mol. The number of halogens is 3. The zero-order chi connectivity index (χ0) is 33.9. The number of aliphatic hydroxyl groups is 1. The van der Waals surface area contributed by atoms with E-state index in [2.05, 4.69) is 21.5 Å². The second-order valence-electron chi connectivity index (χ2n) is 11.3. The smallest absolute Gasteiger partial charge is 0.325 e. The number of carbonyl (C=O) groups excluding carboxylic acids is 1. The second-order valence-corrected chi connectivity index (χ2v) is 12.2. The Balaban J connectivity index is 1.44. The van der Waals surface area contributed by atoms with Crippen LogP contribution in [-0.4, -0.2) is 39.4 Å². The number of thiazole rings is 1. The minimum atomic E-state index is -2.10. The van der Waals surface area contributed by atoms with Crippen LogP contribution in [0.1, 0.15) is 45.7 Å². The highest BCUT2D eigenvalue weighted by molar-refractivity contribution is 7.10. The van der Waals surface area contributed by atoms with Gasteiger partial charge in [-0.15, -0.1) is 16.0 Å². The number of hydrogen-bond acceptors (Lipinski definition) is 8. The van der Waals surface area contributed by atoms with Gasteiger partial charge in [0, 0.05) is 33.6 Å². The summed E-state index contributed by atoms with van der Waals surface area (Å²) in [6, 6.07) is 13.8. The van der Waals surface area contributed by atoms with Gasteiger partial charge in [-0.2, -0.15) is 5.26 Å². The molecule has 5 rings (SSSR count). The van der Waals surface area contributed by atoms with Gasteiger partial charge in [-0.25, -0.2) is 22.7 Å². The molecule has 3 aromatic carbocycles. The SMILES string of the molecule is CNCC(=O)Oc1c(C)cc(C[n+]2cnn(C[C@](O)(c3cc(F)c(F)cc3F)[C@@H](C)c3nc(-c4ccc(C#N)cc4)cs3)c2)cc1C. The molecule has 2 atom stereocenters. The number of nitrogens with zero attached hydrogens (tertiary/aromatic N) is 5. The van der Waals surface area contributed by atoms with Crippen LogP contribution >= 0.6 is 11.3 Å². The third kappa shape index (κ3) is 7.25. The van der Waals surface area contributed by atoms with Gasteiger partial charge >= 0.3 is 5.97 Å². The van der Waals surface area contributed by atoms with E-state index in [0.717, 1.165) is 22.3 Å². The number of rotatable bonds is 11. The lowest BCUT2D eigenvalue weighted by Gasteiger charge is -2.32. The molecule has 0 unspecified atom stereocenters. The zero-order valence-corrected chi connectivity index (χ0v) is 26.9. The molecule has 242 valence electrons. The number of nitriles is 1. The van der Waals surface area contributed by atoms with E-state index in [9.17, 15) is 18.7 Å². The van der Waals surface area contributed by atoms with Gasteiger partial charge < -0.3 is 15.2 Å². The van der Waals surface area contributed by atoms with E-state index >= 15 is 4.39 Å². The minimum absolute atomic E-state index is 0.0793. The van der Waals surface area contributed by atoms with Crippen LogP contribution in [0, 0.1) is 42.6 Å². The highest BCUT2D eigenvalue weighted by atomic mass is 32.1. The topological polar surface area (TPSA) is 117 Å². The van der Waals surface area contributed by atoms with Gasteiger partial charge in [0.05, 0.1) is 35.4 Å². The Kier molecular flexibility index (Phi) is 9.85. The van der Waals surface area contributed by atoms with Crippen LogP contribution in [0.3, 0.4) is 0 Å². The van der Waals surface area contributed by atoms with Gasteiger partial charge in [0.15, 0.2) is 11.6 Å². The van der Waals surface area contributed by atoms with Crippen LogP contribution in [0.25, 0.3) is 11.3 Å². The van der Waals surface area contributed by atoms with Gasteiger partial charge in [0.2, 0.25) is 6.33 Å². The number of carbonyl (C=O) groups is 1.